The van der Waals surface area contributed by atoms with Gasteiger partial charge in [-0.1, -0.05) is 11.6 Å². The normalized spacial score (nSPS) is 11.8. The fraction of sp³-hybridized carbons (Fsp3) is 0.200. The quantitative estimate of drug-likeness (QED) is 0.738. The monoisotopic (exact) mass is 261 g/mol. The molecule has 0 aliphatic rings. The minimum atomic E-state index is -4.44. The van der Waals surface area contributed by atoms with Gasteiger partial charge in [-0.2, -0.15) is 18.3 Å². The van der Waals surface area contributed by atoms with E-state index in [4.69, 9.17) is 11.6 Å². The maximum atomic E-state index is 12.7. The smallest absolute Gasteiger partial charge is 0.275 e. The van der Waals surface area contributed by atoms with Crippen LogP contribution >= 0.6 is 11.6 Å². The Hall–Kier alpha value is -1.56. The second-order valence-corrected chi connectivity index (χ2v) is 3.82. The average molecular weight is 262 g/mol. The van der Waals surface area contributed by atoms with Gasteiger partial charge in [-0.15, -0.1) is 0 Å². The maximum Gasteiger partial charge on any atom is 0.420 e. The number of aromatic nitrogens is 3. The number of hydrogen-bond acceptors (Lipinski definition) is 2. The molecule has 0 aromatic carbocycles. The number of aryl methyl sites for hydroxylation is 1. The van der Waals surface area contributed by atoms with Crippen molar-refractivity contribution in [2.24, 2.45) is 7.05 Å². The van der Waals surface area contributed by atoms with Gasteiger partial charge in [-0.05, 0) is 12.1 Å². The van der Waals surface area contributed by atoms with Crippen LogP contribution in [0.1, 0.15) is 5.56 Å². The molecule has 2 aromatic heterocycles. The van der Waals surface area contributed by atoms with E-state index < -0.39 is 11.7 Å². The van der Waals surface area contributed by atoms with Crippen LogP contribution in [0.25, 0.3) is 11.3 Å². The van der Waals surface area contributed by atoms with E-state index in [9.17, 15) is 13.2 Å². The lowest BCUT2D eigenvalue weighted by atomic mass is 10.1. The Morgan fingerprint density at radius 3 is 2.53 bits per heavy atom. The van der Waals surface area contributed by atoms with Crippen molar-refractivity contribution in [2.75, 3.05) is 0 Å². The van der Waals surface area contributed by atoms with Gasteiger partial charge < -0.3 is 0 Å². The fourth-order valence-electron chi connectivity index (χ4n) is 1.43. The number of rotatable bonds is 1. The fourth-order valence-corrected chi connectivity index (χ4v) is 1.54. The molecule has 0 N–H and O–H groups in total. The summed E-state index contributed by atoms with van der Waals surface area (Å²) in [4.78, 5) is 3.74. The molecule has 2 heterocycles. The molecule has 17 heavy (non-hydrogen) atoms. The SMILES string of the molecule is Cn1cc(C(F)(F)F)c(-c2ccc(Cl)nc2)n1. The summed E-state index contributed by atoms with van der Waals surface area (Å²) in [6, 6.07) is 2.87. The molecule has 0 aliphatic carbocycles. The summed E-state index contributed by atoms with van der Waals surface area (Å²) in [5, 5.41) is 4.01. The highest BCUT2D eigenvalue weighted by Crippen LogP contribution is 2.35. The zero-order valence-corrected chi connectivity index (χ0v) is 9.42. The van der Waals surface area contributed by atoms with Crippen LogP contribution in [0.4, 0.5) is 13.2 Å². The summed E-state index contributed by atoms with van der Waals surface area (Å²) in [5.41, 5.74) is -0.657. The Labute approximate surface area is 99.8 Å². The van der Waals surface area contributed by atoms with Gasteiger partial charge in [0.1, 0.15) is 16.4 Å². The molecule has 0 aliphatic heterocycles. The molecule has 90 valence electrons. The van der Waals surface area contributed by atoms with Crippen molar-refractivity contribution in [2.45, 2.75) is 6.18 Å². The van der Waals surface area contributed by atoms with Crippen LogP contribution < -0.4 is 0 Å². The Morgan fingerprint density at radius 2 is 2.00 bits per heavy atom. The first-order valence-corrected chi connectivity index (χ1v) is 4.98. The van der Waals surface area contributed by atoms with E-state index in [0.29, 0.717) is 0 Å². The molecule has 0 radical (unpaired) electrons. The third-order valence-corrected chi connectivity index (χ3v) is 2.36. The van der Waals surface area contributed by atoms with Crippen LogP contribution in [-0.2, 0) is 13.2 Å². The summed E-state index contributed by atoms with van der Waals surface area (Å²) in [6.45, 7) is 0. The van der Waals surface area contributed by atoms with Gasteiger partial charge in [0.15, 0.2) is 0 Å². The Bertz CT molecular complexity index is 531. The molecule has 2 aromatic rings. The predicted octanol–water partition coefficient (Wildman–Crippen LogP) is 3.15. The first-order chi connectivity index (χ1) is 7.88. The standard InChI is InChI=1S/C10H7ClF3N3/c1-17-5-7(10(12,13)14)9(16-17)6-2-3-8(11)15-4-6/h2-5H,1H3. The van der Waals surface area contributed by atoms with Gasteiger partial charge in [0.25, 0.3) is 0 Å². The molecule has 3 nitrogen and oxygen atoms in total. The minimum absolute atomic E-state index is 0.149. The zero-order valence-electron chi connectivity index (χ0n) is 8.66. The molecule has 0 fully saturated rings. The van der Waals surface area contributed by atoms with E-state index >= 15 is 0 Å². The highest BCUT2D eigenvalue weighted by atomic mass is 35.5. The van der Waals surface area contributed by atoms with Crippen molar-refractivity contribution >= 4 is 11.6 Å². The molecular weight excluding hydrogens is 255 g/mol. The number of hydrogen-bond donors (Lipinski definition) is 0. The van der Waals surface area contributed by atoms with Gasteiger partial charge in [0.2, 0.25) is 0 Å². The van der Waals surface area contributed by atoms with E-state index in [-0.39, 0.29) is 16.4 Å². The van der Waals surface area contributed by atoms with Gasteiger partial charge in [0, 0.05) is 25.0 Å². The van der Waals surface area contributed by atoms with Crippen LogP contribution in [-0.4, -0.2) is 14.8 Å². The van der Waals surface area contributed by atoms with Gasteiger partial charge in [-0.25, -0.2) is 4.98 Å². The van der Waals surface area contributed by atoms with Crippen molar-refractivity contribution < 1.29 is 13.2 Å². The first kappa shape index (κ1) is 11.9. The lowest BCUT2D eigenvalue weighted by molar-refractivity contribution is -0.137. The maximum absolute atomic E-state index is 12.7. The highest BCUT2D eigenvalue weighted by molar-refractivity contribution is 6.29. The van der Waals surface area contributed by atoms with Crippen LogP contribution in [0.2, 0.25) is 5.15 Å². The number of nitrogens with zero attached hydrogens (tertiary/aromatic N) is 3. The third-order valence-electron chi connectivity index (χ3n) is 2.14. The molecule has 2 rings (SSSR count). The van der Waals surface area contributed by atoms with Crippen molar-refractivity contribution in [1.29, 1.82) is 0 Å². The third kappa shape index (κ3) is 2.41. The summed E-state index contributed by atoms with van der Waals surface area (Å²) >= 11 is 5.58. The first-order valence-electron chi connectivity index (χ1n) is 4.60. The van der Waals surface area contributed by atoms with Gasteiger partial charge in [-0.3, -0.25) is 4.68 Å². The number of alkyl halides is 3. The van der Waals surface area contributed by atoms with Gasteiger partial charge in [0.05, 0.1) is 0 Å². The molecule has 0 amide bonds. The molecule has 0 saturated heterocycles. The highest BCUT2D eigenvalue weighted by Gasteiger charge is 2.36. The van der Waals surface area contributed by atoms with Crippen LogP contribution in [0.3, 0.4) is 0 Å². The van der Waals surface area contributed by atoms with Gasteiger partial charge >= 0.3 is 6.18 Å². The molecular formula is C10H7ClF3N3. The Kier molecular flexibility index (Phi) is 2.82. The van der Waals surface area contributed by atoms with E-state index in [1.54, 1.807) is 0 Å². The lowest BCUT2D eigenvalue weighted by Crippen LogP contribution is -2.05. The second-order valence-electron chi connectivity index (χ2n) is 3.43. The zero-order chi connectivity index (χ0) is 12.6. The number of halogens is 4. The summed E-state index contributed by atoms with van der Waals surface area (Å²) in [6.07, 6.45) is -2.24. The summed E-state index contributed by atoms with van der Waals surface area (Å²) < 4.78 is 39.3. The topological polar surface area (TPSA) is 30.7 Å². The molecule has 0 bridgehead atoms. The van der Waals surface area contributed by atoms with Crippen molar-refractivity contribution in [3.05, 3.63) is 35.2 Å². The average Bonchev–Trinajstić information content (AvgIpc) is 2.61. The van der Waals surface area contributed by atoms with Crippen LogP contribution in [0.5, 0.6) is 0 Å². The van der Waals surface area contributed by atoms with E-state index in [1.807, 2.05) is 0 Å². The van der Waals surface area contributed by atoms with E-state index in [1.165, 1.54) is 25.4 Å². The summed E-state index contributed by atoms with van der Waals surface area (Å²) in [5.74, 6) is 0. The molecule has 0 saturated carbocycles. The Balaban J connectivity index is 2.55. The predicted molar refractivity (Wildman–Crippen MR) is 56.5 cm³/mol. The molecule has 0 atom stereocenters. The molecule has 0 spiro atoms. The largest absolute Gasteiger partial charge is 0.420 e. The molecule has 0 unspecified atom stereocenters. The van der Waals surface area contributed by atoms with E-state index in [0.717, 1.165) is 10.9 Å². The van der Waals surface area contributed by atoms with Crippen LogP contribution in [0.15, 0.2) is 24.5 Å². The number of pyridine rings is 1. The summed E-state index contributed by atoms with van der Waals surface area (Å²) in [7, 11) is 1.43. The van der Waals surface area contributed by atoms with Crippen molar-refractivity contribution in [3.8, 4) is 11.3 Å². The minimum Gasteiger partial charge on any atom is -0.275 e. The van der Waals surface area contributed by atoms with Crippen LogP contribution in [0, 0.1) is 0 Å². The van der Waals surface area contributed by atoms with Crippen molar-refractivity contribution in [1.82, 2.24) is 14.8 Å². The van der Waals surface area contributed by atoms with Crippen molar-refractivity contribution in [3.63, 3.8) is 0 Å². The second kappa shape index (κ2) is 4.03. The molecule has 7 heteroatoms. The Morgan fingerprint density at radius 1 is 1.29 bits per heavy atom. The lowest BCUT2D eigenvalue weighted by Gasteiger charge is -2.05. The van der Waals surface area contributed by atoms with E-state index in [2.05, 4.69) is 10.1 Å².